The fourth-order valence-corrected chi connectivity index (χ4v) is 5.93. The zero-order valence-corrected chi connectivity index (χ0v) is 19.4. The summed E-state index contributed by atoms with van der Waals surface area (Å²) in [6.45, 7) is 2.61. The van der Waals surface area contributed by atoms with Crippen molar-refractivity contribution in [3.05, 3.63) is 70.0 Å². The zero-order chi connectivity index (χ0) is 23.6. The summed E-state index contributed by atoms with van der Waals surface area (Å²) in [6.07, 6.45) is 2.64. The van der Waals surface area contributed by atoms with Gasteiger partial charge < -0.3 is 15.0 Å². The number of methoxy groups -OCH3 is 1. The third kappa shape index (κ3) is 4.79. The number of nitrogens with zero attached hydrogens (tertiary/aromatic N) is 1. The summed E-state index contributed by atoms with van der Waals surface area (Å²) in [5.41, 5.74) is 0.925. The SMILES string of the molecule is COc1cccc(CNC(=O)c2cc(=O)[nH]c3ccc(S(=O)(=O)N4CCCC[C@@H]4C)cc23)c1. The van der Waals surface area contributed by atoms with Gasteiger partial charge in [-0.3, -0.25) is 9.59 Å². The molecule has 1 atom stereocenters. The molecular weight excluding hydrogens is 442 g/mol. The Morgan fingerprint density at radius 2 is 2.00 bits per heavy atom. The van der Waals surface area contributed by atoms with Crippen molar-refractivity contribution in [1.29, 1.82) is 0 Å². The fourth-order valence-electron chi connectivity index (χ4n) is 4.21. The molecule has 8 nitrogen and oxygen atoms in total. The highest BCUT2D eigenvalue weighted by atomic mass is 32.2. The molecule has 0 spiro atoms. The summed E-state index contributed by atoms with van der Waals surface area (Å²) in [7, 11) is -2.16. The van der Waals surface area contributed by atoms with Crippen molar-refractivity contribution in [2.24, 2.45) is 0 Å². The molecule has 4 rings (SSSR count). The molecule has 9 heteroatoms. The summed E-state index contributed by atoms with van der Waals surface area (Å²) >= 11 is 0. The Balaban J connectivity index is 1.67. The largest absolute Gasteiger partial charge is 0.497 e. The van der Waals surface area contributed by atoms with Crippen molar-refractivity contribution >= 4 is 26.8 Å². The molecule has 1 aliphatic rings. The summed E-state index contributed by atoms with van der Waals surface area (Å²) < 4.78 is 33.3. The van der Waals surface area contributed by atoms with Gasteiger partial charge >= 0.3 is 0 Å². The Bertz CT molecular complexity index is 1350. The van der Waals surface area contributed by atoms with Crippen LogP contribution in [-0.2, 0) is 16.6 Å². The molecule has 2 N–H and O–H groups in total. The number of nitrogens with one attached hydrogen (secondary N) is 2. The van der Waals surface area contributed by atoms with E-state index < -0.39 is 21.5 Å². The molecule has 1 aliphatic heterocycles. The molecule has 33 heavy (non-hydrogen) atoms. The average Bonchev–Trinajstić information content (AvgIpc) is 2.82. The average molecular weight is 470 g/mol. The molecule has 1 saturated heterocycles. The summed E-state index contributed by atoms with van der Waals surface area (Å²) in [5, 5.41) is 3.19. The van der Waals surface area contributed by atoms with Gasteiger partial charge in [-0.1, -0.05) is 18.6 Å². The maximum absolute atomic E-state index is 13.3. The number of hydrogen-bond donors (Lipinski definition) is 2. The van der Waals surface area contributed by atoms with Gasteiger partial charge in [0.25, 0.3) is 5.91 Å². The molecular formula is C24H27N3O5S. The molecule has 0 unspecified atom stereocenters. The van der Waals surface area contributed by atoms with Gasteiger partial charge in [-0.05, 0) is 55.7 Å². The van der Waals surface area contributed by atoms with E-state index in [1.807, 2.05) is 19.1 Å². The highest BCUT2D eigenvalue weighted by molar-refractivity contribution is 7.89. The van der Waals surface area contributed by atoms with E-state index in [1.54, 1.807) is 19.2 Å². The molecule has 1 fully saturated rings. The van der Waals surface area contributed by atoms with Crippen LogP contribution in [0.5, 0.6) is 5.75 Å². The molecule has 0 radical (unpaired) electrons. The second kappa shape index (κ2) is 9.36. The van der Waals surface area contributed by atoms with E-state index in [1.165, 1.54) is 28.6 Å². The maximum atomic E-state index is 13.3. The van der Waals surface area contributed by atoms with E-state index in [-0.39, 0.29) is 23.0 Å². The third-order valence-corrected chi connectivity index (χ3v) is 8.00. The standard InChI is InChI=1S/C24H27N3O5S/c1-16-6-3-4-11-27(16)33(30,31)19-9-10-22-20(13-19)21(14-23(28)26-22)24(29)25-15-17-7-5-8-18(12-17)32-2/h5,7-10,12-14,16H,3-4,6,11,15H2,1-2H3,(H,25,29)(H,26,28)/t16-/m0/s1. The fraction of sp³-hybridized carbons (Fsp3) is 0.333. The van der Waals surface area contributed by atoms with Crippen LogP contribution in [0.3, 0.4) is 0 Å². The van der Waals surface area contributed by atoms with Gasteiger partial charge in [0.1, 0.15) is 5.75 Å². The first-order chi connectivity index (χ1) is 15.8. The molecule has 1 amide bonds. The number of pyridine rings is 1. The number of H-pyrrole nitrogens is 1. The highest BCUT2D eigenvalue weighted by Crippen LogP contribution is 2.27. The van der Waals surface area contributed by atoms with E-state index in [0.29, 0.717) is 23.2 Å². The maximum Gasteiger partial charge on any atom is 0.252 e. The van der Waals surface area contributed by atoms with Crippen LogP contribution >= 0.6 is 0 Å². The predicted octanol–water partition coefficient (Wildman–Crippen LogP) is 3.03. The summed E-state index contributed by atoms with van der Waals surface area (Å²) in [6, 6.07) is 12.9. The Labute approximate surface area is 192 Å². The van der Waals surface area contributed by atoms with Gasteiger partial charge in [0.2, 0.25) is 15.6 Å². The minimum Gasteiger partial charge on any atom is -0.497 e. The number of carbonyl (C=O) groups is 1. The van der Waals surface area contributed by atoms with Crippen molar-refractivity contribution in [2.75, 3.05) is 13.7 Å². The Morgan fingerprint density at radius 1 is 1.18 bits per heavy atom. The van der Waals surface area contributed by atoms with Crippen LogP contribution in [0.15, 0.2) is 58.2 Å². The first kappa shape index (κ1) is 23.0. The smallest absolute Gasteiger partial charge is 0.252 e. The van der Waals surface area contributed by atoms with Crippen LogP contribution in [0.25, 0.3) is 10.9 Å². The Kier molecular flexibility index (Phi) is 6.53. The molecule has 0 aliphatic carbocycles. The van der Waals surface area contributed by atoms with Crippen molar-refractivity contribution in [3.63, 3.8) is 0 Å². The van der Waals surface area contributed by atoms with Crippen LogP contribution < -0.4 is 15.6 Å². The quantitative estimate of drug-likeness (QED) is 0.577. The molecule has 174 valence electrons. The molecule has 0 bridgehead atoms. The Morgan fingerprint density at radius 3 is 2.76 bits per heavy atom. The minimum atomic E-state index is -3.72. The number of piperidine rings is 1. The lowest BCUT2D eigenvalue weighted by molar-refractivity contribution is 0.0952. The van der Waals surface area contributed by atoms with Gasteiger partial charge in [-0.15, -0.1) is 0 Å². The lowest BCUT2D eigenvalue weighted by Gasteiger charge is -2.32. The van der Waals surface area contributed by atoms with E-state index >= 15 is 0 Å². The van der Waals surface area contributed by atoms with Gasteiger partial charge in [-0.2, -0.15) is 4.31 Å². The van der Waals surface area contributed by atoms with Gasteiger partial charge in [-0.25, -0.2) is 8.42 Å². The number of rotatable bonds is 6. The normalized spacial score (nSPS) is 17.1. The first-order valence-corrected chi connectivity index (χ1v) is 12.3. The number of ether oxygens (including phenoxy) is 1. The van der Waals surface area contributed by atoms with Crippen molar-refractivity contribution in [2.45, 2.75) is 43.7 Å². The van der Waals surface area contributed by atoms with E-state index in [9.17, 15) is 18.0 Å². The van der Waals surface area contributed by atoms with E-state index in [0.717, 1.165) is 24.8 Å². The first-order valence-electron chi connectivity index (χ1n) is 10.9. The number of fused-ring (bicyclic) bond motifs is 1. The van der Waals surface area contributed by atoms with E-state index in [4.69, 9.17) is 4.74 Å². The predicted molar refractivity (Wildman–Crippen MR) is 126 cm³/mol. The van der Waals surface area contributed by atoms with Crippen LogP contribution in [0, 0.1) is 0 Å². The lowest BCUT2D eigenvalue weighted by Crippen LogP contribution is -2.41. The number of carbonyl (C=O) groups excluding carboxylic acids is 1. The van der Waals surface area contributed by atoms with E-state index in [2.05, 4.69) is 10.3 Å². The second-order valence-corrected chi connectivity index (χ2v) is 10.1. The lowest BCUT2D eigenvalue weighted by atomic mass is 10.1. The number of aromatic amines is 1. The third-order valence-electron chi connectivity index (χ3n) is 5.99. The minimum absolute atomic E-state index is 0.0827. The molecule has 2 heterocycles. The molecule has 1 aromatic heterocycles. The Hall–Kier alpha value is -3.17. The molecule has 0 saturated carbocycles. The number of aromatic nitrogens is 1. The van der Waals surface area contributed by atoms with Crippen molar-refractivity contribution in [3.8, 4) is 5.75 Å². The molecule has 3 aromatic rings. The van der Waals surface area contributed by atoms with Crippen LogP contribution in [0.4, 0.5) is 0 Å². The molecule has 2 aromatic carbocycles. The van der Waals surface area contributed by atoms with Gasteiger partial charge in [0.15, 0.2) is 0 Å². The number of sulfonamides is 1. The highest BCUT2D eigenvalue weighted by Gasteiger charge is 2.31. The number of hydrogen-bond acceptors (Lipinski definition) is 5. The zero-order valence-electron chi connectivity index (χ0n) is 18.6. The van der Waals surface area contributed by atoms with Crippen molar-refractivity contribution < 1.29 is 17.9 Å². The monoisotopic (exact) mass is 469 g/mol. The van der Waals surface area contributed by atoms with Crippen molar-refractivity contribution in [1.82, 2.24) is 14.6 Å². The van der Waals surface area contributed by atoms with Gasteiger partial charge in [0.05, 0.1) is 17.6 Å². The number of benzene rings is 2. The number of amides is 1. The van der Waals surface area contributed by atoms with Crippen LogP contribution in [-0.4, -0.2) is 43.3 Å². The van der Waals surface area contributed by atoms with Crippen LogP contribution in [0.1, 0.15) is 42.1 Å². The topological polar surface area (TPSA) is 109 Å². The summed E-state index contributed by atoms with van der Waals surface area (Å²) in [5.74, 6) is 0.208. The van der Waals surface area contributed by atoms with Crippen LogP contribution in [0.2, 0.25) is 0 Å². The van der Waals surface area contributed by atoms with Gasteiger partial charge in [0, 0.05) is 36.1 Å². The summed E-state index contributed by atoms with van der Waals surface area (Å²) in [4.78, 5) is 27.9. The second-order valence-electron chi connectivity index (χ2n) is 8.25.